The number of hydrogen-bond acceptors (Lipinski definition) is 8. The topological polar surface area (TPSA) is 96.6 Å². The highest BCUT2D eigenvalue weighted by molar-refractivity contribution is 7.99. The molecular formula is C22H20F3N7S2. The quantitative estimate of drug-likeness (QED) is 0.418. The zero-order valence-corrected chi connectivity index (χ0v) is 19.4. The number of aromatic nitrogens is 5. The van der Waals surface area contributed by atoms with Crippen LogP contribution in [0.5, 0.6) is 0 Å². The number of H-pyrrole nitrogens is 1. The number of anilines is 1. The third kappa shape index (κ3) is 3.46. The minimum Gasteiger partial charge on any atom is -0.342 e. The molecule has 1 saturated carbocycles. The molecule has 1 saturated heterocycles. The first kappa shape index (κ1) is 21.8. The van der Waals surface area contributed by atoms with Crippen molar-refractivity contribution in [1.82, 2.24) is 24.9 Å². The van der Waals surface area contributed by atoms with Gasteiger partial charge in [-0.2, -0.15) is 29.5 Å². The summed E-state index contributed by atoms with van der Waals surface area (Å²) in [6.45, 7) is 2.31. The van der Waals surface area contributed by atoms with Gasteiger partial charge in [-0.3, -0.25) is 4.98 Å². The van der Waals surface area contributed by atoms with Gasteiger partial charge in [-0.25, -0.2) is 9.97 Å². The Kier molecular flexibility index (Phi) is 5.08. The summed E-state index contributed by atoms with van der Waals surface area (Å²) < 4.78 is 39.8. The standard InChI is InChI=1S/C22H20F3N7S2/c23-22(24,25)17-15(2-1-5-27-17)34-16-8-28-18-19(29-16)31-20(30-18)32-6-3-13-14(9-32)21(13,11-26)12-4-7-33-10-12/h1-2,4-5,7-8,10,13-14H,3,6,9,11,26H2,(H,28,29,30,31)/t13-,14+,21+/m1/s1. The molecule has 0 amide bonds. The fraction of sp³-hybridized carbons (Fsp3) is 0.364. The number of thiophene rings is 1. The van der Waals surface area contributed by atoms with Crippen molar-refractivity contribution in [3.63, 3.8) is 0 Å². The van der Waals surface area contributed by atoms with Crippen molar-refractivity contribution >= 4 is 40.3 Å². The van der Waals surface area contributed by atoms with Gasteiger partial charge in [-0.05, 0) is 52.8 Å². The summed E-state index contributed by atoms with van der Waals surface area (Å²) in [5.74, 6) is 1.72. The largest absolute Gasteiger partial charge is 0.434 e. The Hall–Kier alpha value is -2.70. The van der Waals surface area contributed by atoms with Crippen LogP contribution in [0.15, 0.2) is 51.3 Å². The number of halogens is 3. The molecule has 2 fully saturated rings. The van der Waals surface area contributed by atoms with Crippen LogP contribution in [0, 0.1) is 11.8 Å². The summed E-state index contributed by atoms with van der Waals surface area (Å²) in [7, 11) is 0. The van der Waals surface area contributed by atoms with E-state index < -0.39 is 11.9 Å². The Labute approximate surface area is 201 Å². The fourth-order valence-corrected chi connectivity index (χ4v) is 6.94. The Bertz CT molecular complexity index is 1340. The molecule has 0 bridgehead atoms. The van der Waals surface area contributed by atoms with Gasteiger partial charge in [0.2, 0.25) is 5.95 Å². The highest BCUT2D eigenvalue weighted by Crippen LogP contribution is 2.63. The molecule has 4 aromatic rings. The van der Waals surface area contributed by atoms with Crippen molar-refractivity contribution in [2.24, 2.45) is 17.6 Å². The number of nitrogens with one attached hydrogen (secondary N) is 1. The monoisotopic (exact) mass is 503 g/mol. The van der Waals surface area contributed by atoms with E-state index in [1.54, 1.807) is 11.3 Å². The van der Waals surface area contributed by atoms with Crippen LogP contribution in [-0.2, 0) is 11.6 Å². The van der Waals surface area contributed by atoms with E-state index in [1.165, 1.54) is 23.9 Å². The fourth-order valence-electron chi connectivity index (χ4n) is 5.31. The molecule has 2 aliphatic rings. The van der Waals surface area contributed by atoms with Crippen molar-refractivity contribution in [1.29, 1.82) is 0 Å². The molecule has 4 aromatic heterocycles. The van der Waals surface area contributed by atoms with E-state index in [-0.39, 0.29) is 10.3 Å². The zero-order chi connectivity index (χ0) is 23.5. The average molecular weight is 504 g/mol. The van der Waals surface area contributed by atoms with Gasteiger partial charge in [-0.15, -0.1) is 0 Å². The lowest BCUT2D eigenvalue weighted by atomic mass is 9.94. The second-order valence-electron chi connectivity index (χ2n) is 8.60. The molecule has 34 heavy (non-hydrogen) atoms. The third-order valence-electron chi connectivity index (χ3n) is 6.95. The molecule has 3 N–H and O–H groups in total. The van der Waals surface area contributed by atoms with Crippen LogP contribution in [0.1, 0.15) is 17.7 Å². The van der Waals surface area contributed by atoms with Crippen LogP contribution in [-0.4, -0.2) is 44.6 Å². The molecular weight excluding hydrogens is 483 g/mol. The predicted molar refractivity (Wildman–Crippen MR) is 124 cm³/mol. The molecule has 1 aliphatic heterocycles. The summed E-state index contributed by atoms with van der Waals surface area (Å²) in [5, 5.41) is 4.64. The van der Waals surface area contributed by atoms with Crippen LogP contribution >= 0.6 is 23.1 Å². The normalized spacial score (nSPS) is 24.4. The second-order valence-corrected chi connectivity index (χ2v) is 10.4. The Morgan fingerprint density at radius 2 is 2.12 bits per heavy atom. The highest BCUT2D eigenvalue weighted by Gasteiger charge is 2.65. The van der Waals surface area contributed by atoms with E-state index in [4.69, 9.17) is 5.73 Å². The maximum Gasteiger partial charge on any atom is 0.434 e. The number of imidazole rings is 1. The minimum atomic E-state index is -4.54. The first-order valence-electron chi connectivity index (χ1n) is 10.8. The van der Waals surface area contributed by atoms with E-state index in [9.17, 15) is 13.2 Å². The number of hydrogen-bond donors (Lipinski definition) is 2. The molecule has 0 unspecified atom stereocenters. The molecule has 12 heteroatoms. The van der Waals surface area contributed by atoms with E-state index in [2.05, 4.69) is 46.6 Å². The maximum absolute atomic E-state index is 13.3. The molecule has 5 heterocycles. The smallest absolute Gasteiger partial charge is 0.342 e. The van der Waals surface area contributed by atoms with E-state index in [1.807, 2.05) is 0 Å². The molecule has 7 nitrogen and oxygen atoms in total. The lowest BCUT2D eigenvalue weighted by molar-refractivity contribution is -0.143. The second kappa shape index (κ2) is 7.92. The lowest BCUT2D eigenvalue weighted by Gasteiger charge is -2.25. The van der Waals surface area contributed by atoms with Gasteiger partial charge in [0.25, 0.3) is 0 Å². The Morgan fingerprint density at radius 3 is 2.88 bits per heavy atom. The predicted octanol–water partition coefficient (Wildman–Crippen LogP) is 4.33. The van der Waals surface area contributed by atoms with E-state index in [0.29, 0.717) is 40.6 Å². The van der Waals surface area contributed by atoms with Gasteiger partial charge in [0.1, 0.15) is 5.03 Å². The Balaban J connectivity index is 1.23. The van der Waals surface area contributed by atoms with Crippen molar-refractivity contribution in [3.8, 4) is 0 Å². The van der Waals surface area contributed by atoms with Gasteiger partial charge in [0.05, 0.1) is 6.20 Å². The van der Waals surface area contributed by atoms with Crippen LogP contribution in [0.25, 0.3) is 11.3 Å². The number of piperidine rings is 1. The number of aromatic amines is 1. The van der Waals surface area contributed by atoms with Crippen molar-refractivity contribution in [2.45, 2.75) is 27.9 Å². The van der Waals surface area contributed by atoms with Crippen molar-refractivity contribution in [2.75, 3.05) is 24.5 Å². The summed E-state index contributed by atoms with van der Waals surface area (Å²) in [6, 6.07) is 5.03. The zero-order valence-electron chi connectivity index (χ0n) is 17.8. The number of alkyl halides is 3. The maximum atomic E-state index is 13.3. The van der Waals surface area contributed by atoms with Crippen LogP contribution in [0.2, 0.25) is 0 Å². The summed E-state index contributed by atoms with van der Waals surface area (Å²) in [5.41, 5.74) is 7.56. The van der Waals surface area contributed by atoms with Gasteiger partial charge >= 0.3 is 6.18 Å². The molecule has 6 rings (SSSR count). The van der Waals surface area contributed by atoms with E-state index >= 15 is 0 Å². The number of fused-ring (bicyclic) bond motifs is 2. The number of nitrogens with two attached hydrogens (primary N) is 1. The summed E-state index contributed by atoms with van der Waals surface area (Å²) in [6.07, 6.45) is -0.950. The molecule has 0 radical (unpaired) electrons. The molecule has 1 aliphatic carbocycles. The third-order valence-corrected chi connectivity index (χ3v) is 8.59. The first-order valence-corrected chi connectivity index (χ1v) is 12.6. The molecule has 176 valence electrons. The molecule has 0 spiro atoms. The van der Waals surface area contributed by atoms with Gasteiger partial charge in [0, 0.05) is 36.1 Å². The van der Waals surface area contributed by atoms with Crippen molar-refractivity contribution < 1.29 is 13.2 Å². The summed E-state index contributed by atoms with van der Waals surface area (Å²) in [4.78, 5) is 22.3. The number of nitrogens with zero attached hydrogens (tertiary/aromatic N) is 5. The molecule has 0 aromatic carbocycles. The van der Waals surface area contributed by atoms with Crippen LogP contribution in [0.4, 0.5) is 19.1 Å². The summed E-state index contributed by atoms with van der Waals surface area (Å²) >= 11 is 2.58. The van der Waals surface area contributed by atoms with E-state index in [0.717, 1.165) is 37.5 Å². The highest BCUT2D eigenvalue weighted by atomic mass is 32.2. The molecule has 3 atom stereocenters. The van der Waals surface area contributed by atoms with Crippen LogP contribution < -0.4 is 10.6 Å². The SMILES string of the molecule is NC[C@]1(c2ccsc2)[C@@H]2CCN(c3nc4ncc(Sc5cccnc5C(F)(F)F)nc4[nH]3)C[C@@H]21. The lowest BCUT2D eigenvalue weighted by Crippen LogP contribution is -2.32. The van der Waals surface area contributed by atoms with Crippen molar-refractivity contribution in [3.05, 3.63) is 52.6 Å². The van der Waals surface area contributed by atoms with Gasteiger partial charge < -0.3 is 15.6 Å². The Morgan fingerprint density at radius 1 is 1.24 bits per heavy atom. The average Bonchev–Trinajstić information content (AvgIpc) is 3.18. The van der Waals surface area contributed by atoms with Gasteiger partial charge in [-0.1, -0.05) is 11.8 Å². The van der Waals surface area contributed by atoms with Gasteiger partial charge in [0.15, 0.2) is 17.0 Å². The first-order chi connectivity index (χ1) is 16.4. The number of pyridine rings is 1. The number of rotatable bonds is 5. The minimum absolute atomic E-state index is 0.0225. The van der Waals surface area contributed by atoms with Crippen LogP contribution in [0.3, 0.4) is 0 Å².